The van der Waals surface area contributed by atoms with Crippen molar-refractivity contribution in [2.75, 3.05) is 23.4 Å². The van der Waals surface area contributed by atoms with Gasteiger partial charge in [0.2, 0.25) is 5.82 Å². The highest BCUT2D eigenvalue weighted by Crippen LogP contribution is 2.20. The molecular formula is C16H17N5O3. The Morgan fingerprint density at radius 2 is 2.12 bits per heavy atom. The number of rotatable bonds is 4. The van der Waals surface area contributed by atoms with Crippen molar-refractivity contribution >= 4 is 17.6 Å². The van der Waals surface area contributed by atoms with Gasteiger partial charge in [0, 0.05) is 25.2 Å². The van der Waals surface area contributed by atoms with Crippen LogP contribution in [0.1, 0.15) is 17.8 Å². The number of benzene rings is 1. The zero-order valence-electron chi connectivity index (χ0n) is 13.1. The van der Waals surface area contributed by atoms with Gasteiger partial charge < -0.3 is 10.1 Å². The summed E-state index contributed by atoms with van der Waals surface area (Å²) in [6, 6.07) is 7.56. The van der Waals surface area contributed by atoms with E-state index in [1.807, 2.05) is 24.3 Å². The zero-order valence-corrected chi connectivity index (χ0v) is 13.1. The molecule has 124 valence electrons. The second kappa shape index (κ2) is 5.95. The predicted octanol–water partition coefficient (Wildman–Crippen LogP) is 1.15. The molecule has 1 aromatic carbocycles. The predicted molar refractivity (Wildman–Crippen MR) is 87.1 cm³/mol. The lowest BCUT2D eigenvalue weighted by Gasteiger charge is -2.14. The minimum absolute atomic E-state index is 0.128. The molecule has 1 fully saturated rings. The number of fused-ring (bicyclic) bond motifs is 1. The molecule has 24 heavy (non-hydrogen) atoms. The van der Waals surface area contributed by atoms with Crippen LogP contribution in [0.3, 0.4) is 0 Å². The highest BCUT2D eigenvalue weighted by atomic mass is 16.6. The van der Waals surface area contributed by atoms with Gasteiger partial charge in [0.05, 0.1) is 6.54 Å². The van der Waals surface area contributed by atoms with Gasteiger partial charge in [-0.3, -0.25) is 14.3 Å². The Kier molecular flexibility index (Phi) is 3.64. The van der Waals surface area contributed by atoms with E-state index in [0.717, 1.165) is 29.9 Å². The van der Waals surface area contributed by atoms with Crippen molar-refractivity contribution in [3.8, 4) is 0 Å². The van der Waals surface area contributed by atoms with Crippen LogP contribution in [0.2, 0.25) is 0 Å². The molecule has 0 radical (unpaired) electrons. The van der Waals surface area contributed by atoms with Crippen LogP contribution in [0.15, 0.2) is 29.1 Å². The monoisotopic (exact) mass is 327 g/mol. The Morgan fingerprint density at radius 1 is 1.21 bits per heavy atom. The molecule has 0 atom stereocenters. The molecule has 2 aliphatic rings. The number of carbonyl (C=O) groups is 1. The zero-order chi connectivity index (χ0) is 16.5. The van der Waals surface area contributed by atoms with Crippen LogP contribution in [0.5, 0.6) is 0 Å². The molecule has 0 saturated carbocycles. The molecule has 2 aliphatic heterocycles. The van der Waals surface area contributed by atoms with Crippen LogP contribution in [0, 0.1) is 0 Å². The van der Waals surface area contributed by atoms with Crippen molar-refractivity contribution < 1.29 is 9.53 Å². The summed E-state index contributed by atoms with van der Waals surface area (Å²) in [6.45, 7) is 2.08. The van der Waals surface area contributed by atoms with Gasteiger partial charge in [0.25, 0.3) is 5.56 Å². The Morgan fingerprint density at radius 3 is 2.96 bits per heavy atom. The van der Waals surface area contributed by atoms with Crippen LogP contribution in [0.4, 0.5) is 16.3 Å². The summed E-state index contributed by atoms with van der Waals surface area (Å²) in [7, 11) is 0. The van der Waals surface area contributed by atoms with E-state index < -0.39 is 0 Å². The van der Waals surface area contributed by atoms with E-state index >= 15 is 0 Å². The molecule has 2 aromatic rings. The summed E-state index contributed by atoms with van der Waals surface area (Å²) < 4.78 is 6.63. The SMILES string of the molecule is O=C1OCCN1c1cccc(CNc2nnc3n(c2=O)CCC3)c1. The van der Waals surface area contributed by atoms with Crippen molar-refractivity contribution in [2.45, 2.75) is 25.9 Å². The van der Waals surface area contributed by atoms with Crippen LogP contribution >= 0.6 is 0 Å². The fraction of sp³-hybridized carbons (Fsp3) is 0.375. The highest BCUT2D eigenvalue weighted by Gasteiger charge is 2.23. The van der Waals surface area contributed by atoms with E-state index in [4.69, 9.17) is 4.74 Å². The highest BCUT2D eigenvalue weighted by molar-refractivity contribution is 5.89. The molecule has 8 heteroatoms. The summed E-state index contributed by atoms with van der Waals surface area (Å²) in [5.74, 6) is 1.01. The van der Waals surface area contributed by atoms with E-state index in [1.54, 1.807) is 9.47 Å². The summed E-state index contributed by atoms with van der Waals surface area (Å²) in [5, 5.41) is 11.1. The summed E-state index contributed by atoms with van der Waals surface area (Å²) in [4.78, 5) is 25.6. The number of cyclic esters (lactones) is 1. The minimum Gasteiger partial charge on any atom is -0.447 e. The number of nitrogens with zero attached hydrogens (tertiary/aromatic N) is 4. The maximum atomic E-state index is 12.3. The first-order valence-electron chi connectivity index (χ1n) is 7.96. The first kappa shape index (κ1) is 14.7. The third kappa shape index (κ3) is 2.60. The molecular weight excluding hydrogens is 310 g/mol. The first-order valence-corrected chi connectivity index (χ1v) is 7.96. The Labute approximate surface area is 138 Å². The largest absolute Gasteiger partial charge is 0.447 e. The number of amides is 1. The fourth-order valence-corrected chi connectivity index (χ4v) is 3.02. The molecule has 8 nitrogen and oxygen atoms in total. The molecule has 1 amide bonds. The van der Waals surface area contributed by atoms with Crippen molar-refractivity contribution in [1.82, 2.24) is 14.8 Å². The number of ether oxygens (including phenoxy) is 1. The number of aryl methyl sites for hydroxylation is 1. The molecule has 0 unspecified atom stereocenters. The average molecular weight is 327 g/mol. The third-order valence-corrected chi connectivity index (χ3v) is 4.25. The van der Waals surface area contributed by atoms with E-state index in [9.17, 15) is 9.59 Å². The van der Waals surface area contributed by atoms with Crippen LogP contribution in [-0.2, 0) is 24.2 Å². The van der Waals surface area contributed by atoms with Crippen molar-refractivity contribution in [3.05, 3.63) is 46.0 Å². The van der Waals surface area contributed by atoms with Crippen molar-refractivity contribution in [3.63, 3.8) is 0 Å². The van der Waals surface area contributed by atoms with Crippen LogP contribution < -0.4 is 15.8 Å². The molecule has 1 saturated heterocycles. The molecule has 1 N–H and O–H groups in total. The molecule has 0 bridgehead atoms. The van der Waals surface area contributed by atoms with Gasteiger partial charge in [-0.1, -0.05) is 12.1 Å². The van der Waals surface area contributed by atoms with Gasteiger partial charge >= 0.3 is 6.09 Å². The normalized spacial score (nSPS) is 16.2. The first-order chi connectivity index (χ1) is 11.7. The van der Waals surface area contributed by atoms with E-state index in [2.05, 4.69) is 15.5 Å². The molecule has 4 rings (SSSR count). The summed E-state index contributed by atoms with van der Waals surface area (Å²) in [5.41, 5.74) is 1.60. The maximum Gasteiger partial charge on any atom is 0.414 e. The Balaban J connectivity index is 1.51. The smallest absolute Gasteiger partial charge is 0.414 e. The molecule has 3 heterocycles. The Bertz CT molecular complexity index is 848. The van der Waals surface area contributed by atoms with Gasteiger partial charge in [-0.15, -0.1) is 10.2 Å². The standard InChI is InChI=1S/C16H17N5O3/c22-15-14(19-18-13-5-2-6-21(13)15)17-10-11-3-1-4-12(9-11)20-7-8-24-16(20)23/h1,3-4,9H,2,5-8,10H2,(H,17,19). The topological polar surface area (TPSA) is 89.3 Å². The van der Waals surface area contributed by atoms with E-state index in [-0.39, 0.29) is 17.5 Å². The van der Waals surface area contributed by atoms with E-state index in [0.29, 0.717) is 26.2 Å². The third-order valence-electron chi connectivity index (χ3n) is 4.25. The lowest BCUT2D eigenvalue weighted by Crippen LogP contribution is -2.26. The molecule has 0 spiro atoms. The second-order valence-corrected chi connectivity index (χ2v) is 5.81. The number of hydrogen-bond acceptors (Lipinski definition) is 6. The van der Waals surface area contributed by atoms with Gasteiger partial charge in [0.15, 0.2) is 0 Å². The quantitative estimate of drug-likeness (QED) is 0.906. The van der Waals surface area contributed by atoms with Crippen LogP contribution in [0.25, 0.3) is 0 Å². The number of carbonyl (C=O) groups excluding carboxylic acids is 1. The fourth-order valence-electron chi connectivity index (χ4n) is 3.02. The van der Waals surface area contributed by atoms with E-state index in [1.165, 1.54) is 0 Å². The van der Waals surface area contributed by atoms with Crippen molar-refractivity contribution in [2.24, 2.45) is 0 Å². The number of aromatic nitrogens is 3. The summed E-state index contributed by atoms with van der Waals surface area (Å²) in [6.07, 6.45) is 1.40. The Hall–Kier alpha value is -2.90. The lowest BCUT2D eigenvalue weighted by molar-refractivity contribution is 0.181. The maximum absolute atomic E-state index is 12.3. The number of nitrogens with one attached hydrogen (secondary N) is 1. The summed E-state index contributed by atoms with van der Waals surface area (Å²) >= 11 is 0. The second-order valence-electron chi connectivity index (χ2n) is 5.81. The van der Waals surface area contributed by atoms with Gasteiger partial charge in [-0.05, 0) is 24.1 Å². The van der Waals surface area contributed by atoms with Gasteiger partial charge in [0.1, 0.15) is 12.4 Å². The van der Waals surface area contributed by atoms with Crippen LogP contribution in [-0.4, -0.2) is 34.0 Å². The lowest BCUT2D eigenvalue weighted by atomic mass is 10.2. The van der Waals surface area contributed by atoms with Gasteiger partial charge in [-0.25, -0.2) is 4.79 Å². The van der Waals surface area contributed by atoms with Crippen molar-refractivity contribution in [1.29, 1.82) is 0 Å². The number of hydrogen-bond donors (Lipinski definition) is 1. The molecule has 0 aliphatic carbocycles. The number of anilines is 2. The average Bonchev–Trinajstić information content (AvgIpc) is 3.23. The van der Waals surface area contributed by atoms with Gasteiger partial charge in [-0.2, -0.15) is 0 Å². The minimum atomic E-state index is -0.331. The molecule has 1 aromatic heterocycles.